The number of hydrogen-bond acceptors (Lipinski definition) is 4. The van der Waals surface area contributed by atoms with Gasteiger partial charge in [0.2, 0.25) is 0 Å². The van der Waals surface area contributed by atoms with E-state index >= 15 is 0 Å². The molecule has 1 spiro atoms. The molecule has 2 aliphatic heterocycles. The number of rotatable bonds is 3. The van der Waals surface area contributed by atoms with Gasteiger partial charge >= 0.3 is 6.03 Å². The number of methoxy groups -OCH3 is 1. The number of carbonyl (C=O) groups is 1. The minimum Gasteiger partial charge on any atom is -0.385 e. The summed E-state index contributed by atoms with van der Waals surface area (Å²) in [6, 6.07) is -0.256. The van der Waals surface area contributed by atoms with E-state index in [1.807, 2.05) is 6.92 Å². The minimum absolute atomic E-state index is 0.156. The van der Waals surface area contributed by atoms with E-state index in [-0.39, 0.29) is 11.9 Å². The zero-order chi connectivity index (χ0) is 12.5. The molecule has 2 aliphatic rings. The van der Waals surface area contributed by atoms with Gasteiger partial charge in [0.15, 0.2) is 0 Å². The number of aliphatic imine (C=N–C) groups is 1. The smallest absolute Gasteiger partial charge is 0.346 e. The fourth-order valence-electron chi connectivity index (χ4n) is 2.70. The molecule has 1 fully saturated rings. The molecule has 2 amide bonds. The fourth-order valence-corrected chi connectivity index (χ4v) is 2.70. The molecular formula is C11H19N3O3. The maximum absolute atomic E-state index is 11.9. The summed E-state index contributed by atoms with van der Waals surface area (Å²) in [6.45, 7) is 4.26. The van der Waals surface area contributed by atoms with Crippen LogP contribution in [0.3, 0.4) is 0 Å². The summed E-state index contributed by atoms with van der Waals surface area (Å²) in [6.07, 6.45) is 0.707. The third kappa shape index (κ3) is 1.81. The third-order valence-electron chi connectivity index (χ3n) is 3.70. The van der Waals surface area contributed by atoms with E-state index in [2.05, 4.69) is 4.99 Å². The van der Waals surface area contributed by atoms with Crippen LogP contribution in [0.15, 0.2) is 4.99 Å². The first-order chi connectivity index (χ1) is 8.13. The Kier molecular flexibility index (Phi) is 3.35. The quantitative estimate of drug-likeness (QED) is 0.766. The number of ether oxygens (including phenoxy) is 2. The van der Waals surface area contributed by atoms with Crippen molar-refractivity contribution in [2.24, 2.45) is 16.6 Å². The molecule has 2 heterocycles. The lowest BCUT2D eigenvalue weighted by Gasteiger charge is -2.45. The van der Waals surface area contributed by atoms with Crippen molar-refractivity contribution in [1.82, 2.24) is 4.90 Å². The number of nitrogens with two attached hydrogens (primary N) is 1. The Labute approximate surface area is 101 Å². The van der Waals surface area contributed by atoms with E-state index in [0.29, 0.717) is 38.6 Å². The van der Waals surface area contributed by atoms with Gasteiger partial charge in [0, 0.05) is 32.6 Å². The third-order valence-corrected chi connectivity index (χ3v) is 3.70. The van der Waals surface area contributed by atoms with Crippen LogP contribution in [0.2, 0.25) is 0 Å². The molecule has 6 nitrogen and oxygen atoms in total. The summed E-state index contributed by atoms with van der Waals surface area (Å²) in [5, 5.41) is 0. The second kappa shape index (κ2) is 4.62. The first kappa shape index (κ1) is 12.3. The van der Waals surface area contributed by atoms with Crippen LogP contribution in [0.5, 0.6) is 0 Å². The highest BCUT2D eigenvalue weighted by Crippen LogP contribution is 2.36. The van der Waals surface area contributed by atoms with Gasteiger partial charge in [-0.15, -0.1) is 0 Å². The van der Waals surface area contributed by atoms with Gasteiger partial charge in [0.25, 0.3) is 0 Å². The van der Waals surface area contributed by atoms with Gasteiger partial charge in [-0.2, -0.15) is 4.99 Å². The topological polar surface area (TPSA) is 77.2 Å². The maximum Gasteiger partial charge on any atom is 0.346 e. The number of urea groups is 1. The van der Waals surface area contributed by atoms with Crippen molar-refractivity contribution in [1.29, 1.82) is 0 Å². The molecule has 0 aliphatic carbocycles. The summed E-state index contributed by atoms with van der Waals surface area (Å²) in [7, 11) is 1.62. The number of carbonyl (C=O) groups excluding carboxylic acids is 1. The number of nitrogens with zero attached hydrogens (tertiary/aromatic N) is 2. The lowest BCUT2D eigenvalue weighted by molar-refractivity contribution is -0.0192. The van der Waals surface area contributed by atoms with Crippen molar-refractivity contribution in [3.63, 3.8) is 0 Å². The fraction of sp³-hybridized carbons (Fsp3) is 0.818. The van der Waals surface area contributed by atoms with Crippen molar-refractivity contribution >= 4 is 11.9 Å². The van der Waals surface area contributed by atoms with Crippen molar-refractivity contribution < 1.29 is 14.3 Å². The number of amidine groups is 1. The molecule has 2 atom stereocenters. The first-order valence-corrected chi connectivity index (χ1v) is 5.86. The molecule has 0 aromatic rings. The predicted molar refractivity (Wildman–Crippen MR) is 62.9 cm³/mol. The van der Waals surface area contributed by atoms with E-state index in [1.54, 1.807) is 12.0 Å². The van der Waals surface area contributed by atoms with Crippen LogP contribution in [0.4, 0.5) is 4.79 Å². The van der Waals surface area contributed by atoms with E-state index in [0.717, 1.165) is 0 Å². The summed E-state index contributed by atoms with van der Waals surface area (Å²) in [4.78, 5) is 17.5. The van der Waals surface area contributed by atoms with Gasteiger partial charge in [0.05, 0.1) is 13.2 Å². The maximum atomic E-state index is 11.9. The lowest BCUT2D eigenvalue weighted by atomic mass is 9.79. The number of hydrogen-bond donors (Lipinski definition) is 1. The van der Waals surface area contributed by atoms with Crippen LogP contribution >= 0.6 is 0 Å². The summed E-state index contributed by atoms with van der Waals surface area (Å²) in [5.74, 6) is 0.581. The highest BCUT2D eigenvalue weighted by molar-refractivity contribution is 6.06. The van der Waals surface area contributed by atoms with Crippen LogP contribution in [0, 0.1) is 5.92 Å². The molecule has 0 saturated carbocycles. The van der Waals surface area contributed by atoms with Gasteiger partial charge in [0.1, 0.15) is 11.4 Å². The Balaban J connectivity index is 2.26. The lowest BCUT2D eigenvalue weighted by Crippen LogP contribution is -2.62. The Morgan fingerprint density at radius 2 is 2.47 bits per heavy atom. The number of amides is 2. The Morgan fingerprint density at radius 1 is 1.71 bits per heavy atom. The molecule has 2 unspecified atom stereocenters. The van der Waals surface area contributed by atoms with Gasteiger partial charge in [-0.3, -0.25) is 0 Å². The zero-order valence-electron chi connectivity index (χ0n) is 10.3. The van der Waals surface area contributed by atoms with Gasteiger partial charge in [-0.1, -0.05) is 6.92 Å². The molecular weight excluding hydrogens is 222 g/mol. The largest absolute Gasteiger partial charge is 0.385 e. The van der Waals surface area contributed by atoms with Crippen LogP contribution in [-0.2, 0) is 9.47 Å². The molecule has 0 aromatic heterocycles. The molecule has 0 bridgehead atoms. The minimum atomic E-state index is -0.464. The second-order valence-corrected chi connectivity index (χ2v) is 4.57. The molecule has 17 heavy (non-hydrogen) atoms. The highest BCUT2D eigenvalue weighted by atomic mass is 16.5. The van der Waals surface area contributed by atoms with E-state index in [4.69, 9.17) is 15.2 Å². The molecule has 96 valence electrons. The van der Waals surface area contributed by atoms with Crippen LogP contribution in [0.25, 0.3) is 0 Å². The average molecular weight is 241 g/mol. The zero-order valence-corrected chi connectivity index (χ0v) is 10.3. The average Bonchev–Trinajstić information content (AvgIpc) is 2.53. The van der Waals surface area contributed by atoms with Gasteiger partial charge in [-0.05, 0) is 0 Å². The molecule has 2 N–H and O–H groups in total. The van der Waals surface area contributed by atoms with E-state index in [9.17, 15) is 4.79 Å². The van der Waals surface area contributed by atoms with E-state index < -0.39 is 5.54 Å². The Morgan fingerprint density at radius 3 is 3.12 bits per heavy atom. The first-order valence-electron chi connectivity index (χ1n) is 5.86. The molecule has 0 aromatic carbocycles. The predicted octanol–water partition coefficient (Wildman–Crippen LogP) is 0.221. The van der Waals surface area contributed by atoms with Crippen molar-refractivity contribution in [3.8, 4) is 0 Å². The van der Waals surface area contributed by atoms with E-state index in [1.165, 1.54) is 0 Å². The standard InChI is InChI=1S/C11H19N3O3/c1-8-7-17-5-3-11(8)9(12)13-10(15)14(11)4-6-16-2/h8H,3-7H2,1-2H3,(H2,12,13,15). The Bertz CT molecular complexity index is 345. The van der Waals surface area contributed by atoms with Crippen molar-refractivity contribution in [2.45, 2.75) is 18.9 Å². The van der Waals surface area contributed by atoms with Gasteiger partial charge in [-0.25, -0.2) is 4.79 Å². The SMILES string of the molecule is COCCN1C(=O)N=C(N)C12CCOCC2C. The molecule has 2 rings (SSSR count). The highest BCUT2D eigenvalue weighted by Gasteiger charge is 2.53. The van der Waals surface area contributed by atoms with Crippen LogP contribution in [0.1, 0.15) is 13.3 Å². The monoisotopic (exact) mass is 241 g/mol. The van der Waals surface area contributed by atoms with Crippen LogP contribution < -0.4 is 5.73 Å². The molecule has 0 radical (unpaired) electrons. The van der Waals surface area contributed by atoms with Gasteiger partial charge < -0.3 is 20.1 Å². The normalized spacial score (nSPS) is 33.3. The van der Waals surface area contributed by atoms with Crippen molar-refractivity contribution in [3.05, 3.63) is 0 Å². The second-order valence-electron chi connectivity index (χ2n) is 4.57. The summed E-state index contributed by atoms with van der Waals surface area (Å²) in [5.41, 5.74) is 5.51. The molecule has 1 saturated heterocycles. The Hall–Kier alpha value is -1.14. The van der Waals surface area contributed by atoms with Crippen LogP contribution in [-0.4, -0.2) is 55.8 Å². The molecule has 6 heteroatoms. The summed E-state index contributed by atoms with van der Waals surface area (Å²) >= 11 is 0. The van der Waals surface area contributed by atoms with Crippen molar-refractivity contribution in [2.75, 3.05) is 33.5 Å². The summed E-state index contributed by atoms with van der Waals surface area (Å²) < 4.78 is 10.5.